The summed E-state index contributed by atoms with van der Waals surface area (Å²) < 4.78 is 16.7. The van der Waals surface area contributed by atoms with Crippen molar-refractivity contribution in [2.75, 3.05) is 10.2 Å². The number of fused-ring (bicyclic) bond motifs is 1. The summed E-state index contributed by atoms with van der Waals surface area (Å²) in [5, 5.41) is 2.92. The second kappa shape index (κ2) is 9.33. The minimum absolute atomic E-state index is 0.0234. The van der Waals surface area contributed by atoms with Crippen LogP contribution in [-0.2, 0) is 11.2 Å². The molecule has 8 heteroatoms. The van der Waals surface area contributed by atoms with Crippen molar-refractivity contribution in [3.63, 3.8) is 0 Å². The minimum Gasteiger partial charge on any atom is -0.324 e. The van der Waals surface area contributed by atoms with Crippen LogP contribution in [0.5, 0.6) is 0 Å². The standard InChI is InChI=1S/C25H25FN4O2S/c1-25(2,3)29-33-20-10-8-19(9-11-20)28-23(31)21-14-17-12-13-27-15-22(17)30(21)24(32)16-4-6-18(26)7-5-16/h4-13,15,21,29H,14H2,1-3H3,(H,28,31). The Bertz CT molecular complexity index is 1160. The van der Waals surface area contributed by atoms with Gasteiger partial charge in [-0.1, -0.05) is 0 Å². The van der Waals surface area contributed by atoms with Crippen molar-refractivity contribution in [3.05, 3.63) is 83.9 Å². The molecule has 6 nitrogen and oxygen atoms in total. The first-order valence-electron chi connectivity index (χ1n) is 10.6. The Balaban J connectivity index is 1.52. The van der Waals surface area contributed by atoms with Crippen molar-refractivity contribution in [1.29, 1.82) is 0 Å². The van der Waals surface area contributed by atoms with Crippen LogP contribution in [0.1, 0.15) is 36.7 Å². The van der Waals surface area contributed by atoms with Crippen LogP contribution in [0.25, 0.3) is 0 Å². The Kier molecular flexibility index (Phi) is 6.49. The maximum Gasteiger partial charge on any atom is 0.259 e. The molecule has 2 heterocycles. The third-order valence-corrected chi connectivity index (χ3v) is 6.30. The number of anilines is 2. The molecular weight excluding hydrogens is 439 g/mol. The monoisotopic (exact) mass is 464 g/mol. The van der Waals surface area contributed by atoms with Gasteiger partial charge in [-0.3, -0.25) is 24.2 Å². The first kappa shape index (κ1) is 22.9. The lowest BCUT2D eigenvalue weighted by molar-refractivity contribution is -0.117. The van der Waals surface area contributed by atoms with Gasteiger partial charge in [-0.25, -0.2) is 4.39 Å². The van der Waals surface area contributed by atoms with Gasteiger partial charge in [-0.2, -0.15) is 0 Å². The number of nitrogens with one attached hydrogen (secondary N) is 2. The number of aromatic nitrogens is 1. The summed E-state index contributed by atoms with van der Waals surface area (Å²) in [5.41, 5.74) is 2.37. The van der Waals surface area contributed by atoms with Crippen LogP contribution < -0.4 is 14.9 Å². The molecule has 2 aromatic carbocycles. The Morgan fingerprint density at radius 2 is 1.76 bits per heavy atom. The molecule has 0 aliphatic carbocycles. The highest BCUT2D eigenvalue weighted by molar-refractivity contribution is 7.97. The van der Waals surface area contributed by atoms with Crippen molar-refractivity contribution in [1.82, 2.24) is 9.71 Å². The fraction of sp³-hybridized carbons (Fsp3) is 0.240. The van der Waals surface area contributed by atoms with E-state index in [0.29, 0.717) is 23.4 Å². The van der Waals surface area contributed by atoms with Gasteiger partial charge >= 0.3 is 0 Å². The van der Waals surface area contributed by atoms with Gasteiger partial charge in [0.2, 0.25) is 5.91 Å². The van der Waals surface area contributed by atoms with Crippen LogP contribution in [-0.4, -0.2) is 28.4 Å². The van der Waals surface area contributed by atoms with Gasteiger partial charge in [0.25, 0.3) is 5.91 Å². The second-order valence-corrected chi connectivity index (χ2v) is 9.75. The van der Waals surface area contributed by atoms with Crippen LogP contribution in [0.2, 0.25) is 0 Å². The van der Waals surface area contributed by atoms with Crippen LogP contribution in [0.4, 0.5) is 15.8 Å². The van der Waals surface area contributed by atoms with Gasteiger partial charge in [0.1, 0.15) is 11.9 Å². The average molecular weight is 465 g/mol. The lowest BCUT2D eigenvalue weighted by atomic mass is 10.1. The molecule has 2 N–H and O–H groups in total. The highest BCUT2D eigenvalue weighted by atomic mass is 32.2. The van der Waals surface area contributed by atoms with E-state index in [-0.39, 0.29) is 17.4 Å². The zero-order chi connectivity index (χ0) is 23.6. The molecule has 1 unspecified atom stereocenters. The van der Waals surface area contributed by atoms with E-state index >= 15 is 0 Å². The maximum atomic E-state index is 13.3. The smallest absolute Gasteiger partial charge is 0.259 e. The number of hydrogen-bond donors (Lipinski definition) is 2. The van der Waals surface area contributed by atoms with E-state index < -0.39 is 11.9 Å². The molecule has 0 fully saturated rings. The summed E-state index contributed by atoms with van der Waals surface area (Å²) in [5.74, 6) is -1.10. The molecule has 3 aromatic rings. The molecule has 1 aliphatic rings. The van der Waals surface area contributed by atoms with E-state index in [2.05, 4.69) is 35.8 Å². The molecule has 0 saturated carbocycles. The van der Waals surface area contributed by atoms with Gasteiger partial charge in [0.05, 0.1) is 11.9 Å². The van der Waals surface area contributed by atoms with E-state index in [1.165, 1.54) is 41.1 Å². The van der Waals surface area contributed by atoms with Crippen LogP contribution in [0.15, 0.2) is 71.9 Å². The quantitative estimate of drug-likeness (QED) is 0.530. The molecule has 0 spiro atoms. The second-order valence-electron chi connectivity index (χ2n) is 8.87. The number of hydrogen-bond acceptors (Lipinski definition) is 5. The van der Waals surface area contributed by atoms with E-state index in [9.17, 15) is 14.0 Å². The first-order chi connectivity index (χ1) is 15.7. The van der Waals surface area contributed by atoms with Gasteiger partial charge in [-0.15, -0.1) is 0 Å². The van der Waals surface area contributed by atoms with Crippen molar-refractivity contribution in [2.24, 2.45) is 0 Å². The van der Waals surface area contributed by atoms with Gasteiger partial charge in [0, 0.05) is 34.3 Å². The molecule has 1 atom stereocenters. The topological polar surface area (TPSA) is 74.3 Å². The lowest BCUT2D eigenvalue weighted by Gasteiger charge is -2.25. The molecule has 1 aliphatic heterocycles. The number of benzene rings is 2. The normalized spacial score (nSPS) is 15.3. The molecule has 1 aromatic heterocycles. The summed E-state index contributed by atoms with van der Waals surface area (Å²) >= 11 is 1.53. The first-order valence-corrected chi connectivity index (χ1v) is 11.4. The summed E-state index contributed by atoms with van der Waals surface area (Å²) in [6, 6.07) is 13.9. The predicted octanol–water partition coefficient (Wildman–Crippen LogP) is 4.83. The molecule has 0 saturated heterocycles. The third kappa shape index (κ3) is 5.40. The van der Waals surface area contributed by atoms with Crippen molar-refractivity contribution in [3.8, 4) is 0 Å². The van der Waals surface area contributed by atoms with Crippen LogP contribution in [0.3, 0.4) is 0 Å². The molecule has 170 valence electrons. The largest absolute Gasteiger partial charge is 0.324 e. The Morgan fingerprint density at radius 1 is 1.06 bits per heavy atom. The van der Waals surface area contributed by atoms with E-state index in [1.807, 2.05) is 30.3 Å². The van der Waals surface area contributed by atoms with Gasteiger partial charge in [0.15, 0.2) is 0 Å². The van der Waals surface area contributed by atoms with Gasteiger partial charge in [-0.05, 0) is 92.9 Å². The Morgan fingerprint density at radius 3 is 2.42 bits per heavy atom. The number of pyridine rings is 1. The van der Waals surface area contributed by atoms with Gasteiger partial charge < -0.3 is 5.32 Å². The fourth-order valence-electron chi connectivity index (χ4n) is 3.51. The summed E-state index contributed by atoms with van der Waals surface area (Å²) in [7, 11) is 0. The summed E-state index contributed by atoms with van der Waals surface area (Å²) in [4.78, 5) is 33.1. The SMILES string of the molecule is CC(C)(C)NSc1ccc(NC(=O)C2Cc3ccncc3N2C(=O)c2ccc(F)cc2)cc1. The van der Waals surface area contributed by atoms with Crippen LogP contribution >= 0.6 is 11.9 Å². The third-order valence-electron chi connectivity index (χ3n) is 5.08. The molecule has 4 rings (SSSR count). The number of nitrogens with zero attached hydrogens (tertiary/aromatic N) is 2. The zero-order valence-corrected chi connectivity index (χ0v) is 19.4. The van der Waals surface area contributed by atoms with E-state index in [0.717, 1.165) is 10.5 Å². The Labute approximate surface area is 196 Å². The maximum absolute atomic E-state index is 13.3. The Hall–Kier alpha value is -3.23. The van der Waals surface area contributed by atoms with E-state index in [1.54, 1.807) is 12.4 Å². The molecule has 0 radical (unpaired) electrons. The molecule has 33 heavy (non-hydrogen) atoms. The van der Waals surface area contributed by atoms with Crippen molar-refractivity contribution < 1.29 is 14.0 Å². The summed E-state index contributed by atoms with van der Waals surface area (Å²) in [6.45, 7) is 6.26. The number of halogens is 1. The molecular formula is C25H25FN4O2S. The average Bonchev–Trinajstić information content (AvgIpc) is 3.18. The fourth-order valence-corrected chi connectivity index (χ4v) is 4.20. The number of carbonyl (C=O) groups is 2. The predicted molar refractivity (Wildman–Crippen MR) is 129 cm³/mol. The number of carbonyl (C=O) groups excluding carboxylic acids is 2. The molecule has 0 bridgehead atoms. The zero-order valence-electron chi connectivity index (χ0n) is 18.6. The number of amides is 2. The van der Waals surface area contributed by atoms with E-state index in [4.69, 9.17) is 0 Å². The molecule has 2 amide bonds. The van der Waals surface area contributed by atoms with Crippen LogP contribution in [0, 0.1) is 5.82 Å². The lowest BCUT2D eigenvalue weighted by Crippen LogP contribution is -2.45. The minimum atomic E-state index is -0.738. The highest BCUT2D eigenvalue weighted by Gasteiger charge is 2.39. The van der Waals surface area contributed by atoms with Crippen molar-refractivity contribution >= 4 is 35.1 Å². The van der Waals surface area contributed by atoms with Crippen molar-refractivity contribution in [2.45, 2.75) is 43.7 Å². The highest BCUT2D eigenvalue weighted by Crippen LogP contribution is 2.33. The summed E-state index contributed by atoms with van der Waals surface area (Å²) in [6.07, 6.45) is 3.60. The number of rotatable bonds is 5.